The van der Waals surface area contributed by atoms with E-state index in [4.69, 9.17) is 4.74 Å². The van der Waals surface area contributed by atoms with E-state index in [2.05, 4.69) is 28.5 Å². The van der Waals surface area contributed by atoms with Crippen LogP contribution in [-0.4, -0.2) is 45.3 Å². The first-order chi connectivity index (χ1) is 10.1. The maximum absolute atomic E-state index is 10.2. The number of aliphatic hydroxyl groups is 1. The van der Waals surface area contributed by atoms with Gasteiger partial charge in [0.2, 0.25) is 0 Å². The van der Waals surface area contributed by atoms with Crippen LogP contribution in [0.25, 0.3) is 0 Å². The zero-order valence-corrected chi connectivity index (χ0v) is 13.8. The minimum Gasteiger partial charge on any atom is -0.393 e. The molecule has 2 fully saturated rings. The molecule has 3 rings (SSSR count). The molecule has 0 amide bonds. The highest BCUT2D eigenvalue weighted by Gasteiger charge is 2.43. The molecule has 4 nitrogen and oxygen atoms in total. The number of aliphatic hydroxyl groups excluding tert-OH is 1. The van der Waals surface area contributed by atoms with E-state index in [-0.39, 0.29) is 17.8 Å². The fourth-order valence-corrected chi connectivity index (χ4v) is 4.14. The van der Waals surface area contributed by atoms with Crippen molar-refractivity contribution in [3.8, 4) is 0 Å². The molecule has 118 valence electrons. The van der Waals surface area contributed by atoms with E-state index in [0.29, 0.717) is 5.92 Å². The van der Waals surface area contributed by atoms with Gasteiger partial charge in [-0.05, 0) is 42.3 Å². The molecule has 0 saturated carbocycles. The van der Waals surface area contributed by atoms with Crippen molar-refractivity contribution >= 4 is 11.5 Å². The summed E-state index contributed by atoms with van der Waals surface area (Å²) in [4.78, 5) is 2.48. The van der Waals surface area contributed by atoms with Gasteiger partial charge >= 0.3 is 0 Å². The molecular formula is C16H26N2O2S. The van der Waals surface area contributed by atoms with Crippen molar-refractivity contribution in [2.45, 2.75) is 63.9 Å². The van der Waals surface area contributed by atoms with E-state index in [0.717, 1.165) is 45.3 Å². The summed E-state index contributed by atoms with van der Waals surface area (Å²) in [6, 6.07) is 0. The van der Waals surface area contributed by atoms with Crippen molar-refractivity contribution in [2.24, 2.45) is 5.92 Å². The number of hydrogen-bond acceptors (Lipinski definition) is 5. The van der Waals surface area contributed by atoms with E-state index in [1.165, 1.54) is 17.1 Å². The Kier molecular flexibility index (Phi) is 4.64. The number of ether oxygens (including phenoxy) is 1. The molecule has 3 heterocycles. The Morgan fingerprint density at radius 2 is 2.24 bits per heavy atom. The smallest absolute Gasteiger partial charge is 0.0735 e. The lowest BCUT2D eigenvalue weighted by molar-refractivity contribution is -0.193. The topological polar surface area (TPSA) is 45.6 Å². The molecule has 0 unspecified atom stereocenters. The molecule has 2 saturated heterocycles. The standard InChI is InChI=1S/C16H26N2O2S/c1-12(2)15-7-14(19)8-16(20-15)3-5-18(6-4-16)10-13-9-17-21-11-13/h9,11-12,14-15,19H,3-8,10H2,1-2H3/t14-,15-/m1/s1. The second kappa shape index (κ2) is 6.32. The predicted molar refractivity (Wildman–Crippen MR) is 84.3 cm³/mol. The van der Waals surface area contributed by atoms with Crippen LogP contribution in [0.15, 0.2) is 11.6 Å². The minimum absolute atomic E-state index is 0.0873. The summed E-state index contributed by atoms with van der Waals surface area (Å²) in [7, 11) is 0. The fourth-order valence-electron chi connectivity index (χ4n) is 3.61. The average molecular weight is 310 g/mol. The van der Waals surface area contributed by atoms with Gasteiger partial charge in [0.25, 0.3) is 0 Å². The van der Waals surface area contributed by atoms with Crippen molar-refractivity contribution in [1.29, 1.82) is 0 Å². The highest BCUT2D eigenvalue weighted by molar-refractivity contribution is 7.03. The summed E-state index contributed by atoms with van der Waals surface area (Å²) in [5.74, 6) is 0.478. The Bertz CT molecular complexity index is 441. The van der Waals surface area contributed by atoms with Crippen molar-refractivity contribution in [3.63, 3.8) is 0 Å². The lowest BCUT2D eigenvalue weighted by Gasteiger charge is -2.48. The SMILES string of the molecule is CC(C)[C@H]1C[C@@H](O)CC2(CCN(Cc3cnsc3)CC2)O1. The molecular weight excluding hydrogens is 284 g/mol. The summed E-state index contributed by atoms with van der Waals surface area (Å²) in [6.45, 7) is 7.47. The van der Waals surface area contributed by atoms with E-state index in [1.54, 1.807) is 0 Å². The van der Waals surface area contributed by atoms with Crippen LogP contribution in [0.2, 0.25) is 0 Å². The average Bonchev–Trinajstić information content (AvgIpc) is 2.94. The second-order valence-electron chi connectivity index (χ2n) is 6.99. The normalized spacial score (nSPS) is 30.1. The third-order valence-corrected chi connectivity index (χ3v) is 5.55. The van der Waals surface area contributed by atoms with Gasteiger partial charge in [-0.15, -0.1) is 0 Å². The van der Waals surface area contributed by atoms with Gasteiger partial charge in [-0.3, -0.25) is 4.90 Å². The Hall–Kier alpha value is -0.490. The van der Waals surface area contributed by atoms with Gasteiger partial charge in [0.1, 0.15) is 0 Å². The summed E-state index contributed by atoms with van der Waals surface area (Å²) < 4.78 is 10.6. The van der Waals surface area contributed by atoms with E-state index in [9.17, 15) is 5.11 Å². The fraction of sp³-hybridized carbons (Fsp3) is 0.812. The molecule has 1 spiro atoms. The molecule has 2 aliphatic heterocycles. The number of likely N-dealkylation sites (tertiary alicyclic amines) is 1. The number of rotatable bonds is 3. The monoisotopic (exact) mass is 310 g/mol. The van der Waals surface area contributed by atoms with Gasteiger partial charge in [-0.25, -0.2) is 4.37 Å². The summed E-state index contributed by atoms with van der Waals surface area (Å²) in [5, 5.41) is 12.3. The Morgan fingerprint density at radius 1 is 1.48 bits per heavy atom. The summed E-state index contributed by atoms with van der Waals surface area (Å²) >= 11 is 1.52. The molecule has 1 N–H and O–H groups in total. The van der Waals surface area contributed by atoms with Crippen LogP contribution in [0, 0.1) is 5.92 Å². The van der Waals surface area contributed by atoms with Crippen LogP contribution in [0.3, 0.4) is 0 Å². The van der Waals surface area contributed by atoms with Crippen LogP contribution < -0.4 is 0 Å². The highest BCUT2D eigenvalue weighted by atomic mass is 32.1. The van der Waals surface area contributed by atoms with Gasteiger partial charge < -0.3 is 9.84 Å². The molecule has 0 bridgehead atoms. The predicted octanol–water partition coefficient (Wildman–Crippen LogP) is 2.67. The minimum atomic E-state index is -0.196. The molecule has 1 aromatic rings. The first kappa shape index (κ1) is 15.4. The van der Waals surface area contributed by atoms with Crippen LogP contribution in [0.5, 0.6) is 0 Å². The van der Waals surface area contributed by atoms with Gasteiger partial charge in [0, 0.05) is 37.6 Å². The van der Waals surface area contributed by atoms with Crippen LogP contribution in [-0.2, 0) is 11.3 Å². The maximum atomic E-state index is 10.2. The first-order valence-corrected chi connectivity index (χ1v) is 8.86. The van der Waals surface area contributed by atoms with Crippen molar-refractivity contribution in [1.82, 2.24) is 9.27 Å². The van der Waals surface area contributed by atoms with Gasteiger partial charge in [-0.2, -0.15) is 0 Å². The summed E-state index contributed by atoms with van der Waals surface area (Å²) in [6.07, 6.45) is 5.65. The van der Waals surface area contributed by atoms with E-state index in [1.807, 2.05) is 6.20 Å². The molecule has 0 aromatic carbocycles. The maximum Gasteiger partial charge on any atom is 0.0735 e. The van der Waals surface area contributed by atoms with Crippen molar-refractivity contribution in [3.05, 3.63) is 17.1 Å². The number of hydrogen-bond donors (Lipinski definition) is 1. The Balaban J connectivity index is 1.58. The van der Waals surface area contributed by atoms with Crippen LogP contribution in [0.4, 0.5) is 0 Å². The lowest BCUT2D eigenvalue weighted by Crippen LogP contribution is -2.53. The van der Waals surface area contributed by atoms with Crippen LogP contribution >= 0.6 is 11.5 Å². The first-order valence-electron chi connectivity index (χ1n) is 8.03. The third-order valence-electron chi connectivity index (χ3n) is 4.91. The lowest BCUT2D eigenvalue weighted by atomic mass is 9.80. The zero-order valence-electron chi connectivity index (χ0n) is 13.0. The van der Waals surface area contributed by atoms with Gasteiger partial charge in [0.15, 0.2) is 0 Å². The molecule has 5 heteroatoms. The quantitative estimate of drug-likeness (QED) is 0.932. The highest BCUT2D eigenvalue weighted by Crippen LogP contribution is 2.39. The molecule has 1 aromatic heterocycles. The molecule has 0 aliphatic carbocycles. The second-order valence-corrected chi connectivity index (χ2v) is 7.64. The van der Waals surface area contributed by atoms with E-state index < -0.39 is 0 Å². The summed E-state index contributed by atoms with van der Waals surface area (Å²) in [5.41, 5.74) is 1.22. The van der Waals surface area contributed by atoms with Crippen molar-refractivity contribution in [2.75, 3.05) is 13.1 Å². The van der Waals surface area contributed by atoms with E-state index >= 15 is 0 Å². The Morgan fingerprint density at radius 3 is 2.86 bits per heavy atom. The van der Waals surface area contributed by atoms with Gasteiger partial charge in [0.05, 0.1) is 17.8 Å². The molecule has 21 heavy (non-hydrogen) atoms. The largest absolute Gasteiger partial charge is 0.393 e. The molecule has 0 radical (unpaired) electrons. The van der Waals surface area contributed by atoms with Crippen LogP contribution in [0.1, 0.15) is 45.1 Å². The molecule has 2 aliphatic rings. The number of piperidine rings is 1. The third kappa shape index (κ3) is 3.65. The number of nitrogens with zero attached hydrogens (tertiary/aromatic N) is 2. The Labute approximate surface area is 131 Å². The molecule has 2 atom stereocenters. The number of aromatic nitrogens is 1. The zero-order chi connectivity index (χ0) is 14.9. The van der Waals surface area contributed by atoms with Gasteiger partial charge in [-0.1, -0.05) is 13.8 Å². The van der Waals surface area contributed by atoms with Crippen molar-refractivity contribution < 1.29 is 9.84 Å².